The molecule has 1 aromatic rings. The van der Waals surface area contributed by atoms with Crippen LogP contribution in [-0.2, 0) is 14.8 Å². The predicted molar refractivity (Wildman–Crippen MR) is 89.9 cm³/mol. The summed E-state index contributed by atoms with van der Waals surface area (Å²) in [5, 5.41) is 2.78. The quantitative estimate of drug-likeness (QED) is 0.708. The van der Waals surface area contributed by atoms with Gasteiger partial charge in [-0.3, -0.25) is 4.79 Å². The van der Waals surface area contributed by atoms with Crippen molar-refractivity contribution in [3.05, 3.63) is 24.3 Å². The lowest BCUT2D eigenvalue weighted by atomic mass is 10.1. The van der Waals surface area contributed by atoms with Gasteiger partial charge in [-0.1, -0.05) is 13.3 Å². The third-order valence-electron chi connectivity index (χ3n) is 2.84. The Balaban J connectivity index is 2.58. The van der Waals surface area contributed by atoms with Gasteiger partial charge in [0.05, 0.1) is 4.90 Å². The Bertz CT molecular complexity index is 604. The third-order valence-corrected chi connectivity index (χ3v) is 4.32. The van der Waals surface area contributed by atoms with E-state index in [1.54, 1.807) is 12.1 Å². The molecule has 0 heterocycles. The highest BCUT2D eigenvalue weighted by Gasteiger charge is 2.15. The summed E-state index contributed by atoms with van der Waals surface area (Å²) >= 11 is 0. The third kappa shape index (κ3) is 7.47. The SMILES string of the molecule is CCCCNS(=O)(=O)c1ccc(OCC(=O)NC(C)(C)C)cc1. The van der Waals surface area contributed by atoms with E-state index in [0.29, 0.717) is 12.3 Å². The van der Waals surface area contributed by atoms with Crippen molar-refractivity contribution in [1.29, 1.82) is 0 Å². The molecule has 0 saturated carbocycles. The van der Waals surface area contributed by atoms with Crippen molar-refractivity contribution in [2.24, 2.45) is 0 Å². The Kier molecular flexibility index (Phi) is 7.02. The normalized spacial score (nSPS) is 12.0. The zero-order valence-electron chi connectivity index (χ0n) is 14.2. The molecule has 23 heavy (non-hydrogen) atoms. The van der Waals surface area contributed by atoms with E-state index in [0.717, 1.165) is 12.8 Å². The summed E-state index contributed by atoms with van der Waals surface area (Å²) in [6.45, 7) is 7.96. The van der Waals surface area contributed by atoms with Crippen LogP contribution in [0.5, 0.6) is 5.75 Å². The van der Waals surface area contributed by atoms with Crippen molar-refractivity contribution in [3.8, 4) is 5.75 Å². The second-order valence-electron chi connectivity index (χ2n) is 6.31. The van der Waals surface area contributed by atoms with Gasteiger partial charge in [0.25, 0.3) is 5.91 Å². The molecule has 0 fully saturated rings. The molecule has 7 heteroatoms. The van der Waals surface area contributed by atoms with E-state index < -0.39 is 10.0 Å². The molecule has 1 rings (SSSR count). The summed E-state index contributed by atoms with van der Waals surface area (Å²) in [6, 6.07) is 6.01. The molecule has 0 aromatic heterocycles. The van der Waals surface area contributed by atoms with Gasteiger partial charge in [0.1, 0.15) is 5.75 Å². The maximum absolute atomic E-state index is 12.0. The lowest BCUT2D eigenvalue weighted by Crippen LogP contribution is -2.43. The monoisotopic (exact) mass is 342 g/mol. The van der Waals surface area contributed by atoms with E-state index in [2.05, 4.69) is 10.0 Å². The average molecular weight is 342 g/mol. The minimum atomic E-state index is -3.49. The zero-order chi connectivity index (χ0) is 17.5. The molecule has 1 aromatic carbocycles. The number of benzene rings is 1. The maximum Gasteiger partial charge on any atom is 0.258 e. The fraction of sp³-hybridized carbons (Fsp3) is 0.562. The number of rotatable bonds is 8. The van der Waals surface area contributed by atoms with Crippen LogP contribution < -0.4 is 14.8 Å². The molecule has 0 radical (unpaired) electrons. The summed E-state index contributed by atoms with van der Waals surface area (Å²) in [4.78, 5) is 11.8. The van der Waals surface area contributed by atoms with Gasteiger partial charge in [-0.15, -0.1) is 0 Å². The van der Waals surface area contributed by atoms with Crippen molar-refractivity contribution in [2.45, 2.75) is 51.0 Å². The van der Waals surface area contributed by atoms with Crippen LogP contribution in [0, 0.1) is 0 Å². The first-order valence-corrected chi connectivity index (χ1v) is 9.16. The minimum absolute atomic E-state index is 0.113. The van der Waals surface area contributed by atoms with Crippen LogP contribution in [0.3, 0.4) is 0 Å². The number of amides is 1. The molecule has 0 aliphatic carbocycles. The van der Waals surface area contributed by atoms with Crippen LogP contribution in [0.15, 0.2) is 29.2 Å². The van der Waals surface area contributed by atoms with E-state index in [1.807, 2.05) is 27.7 Å². The van der Waals surface area contributed by atoms with Crippen molar-refractivity contribution >= 4 is 15.9 Å². The van der Waals surface area contributed by atoms with Crippen LogP contribution in [0.1, 0.15) is 40.5 Å². The molecule has 0 unspecified atom stereocenters. The average Bonchev–Trinajstić information content (AvgIpc) is 2.44. The number of nitrogens with one attached hydrogen (secondary N) is 2. The number of sulfonamides is 1. The van der Waals surface area contributed by atoms with Gasteiger partial charge >= 0.3 is 0 Å². The molecule has 6 nitrogen and oxygen atoms in total. The molecular formula is C16H26N2O4S. The standard InChI is InChI=1S/C16H26N2O4S/c1-5-6-11-17-23(20,21)14-9-7-13(8-10-14)22-12-15(19)18-16(2,3)4/h7-10,17H,5-6,11-12H2,1-4H3,(H,18,19). The van der Waals surface area contributed by atoms with E-state index in [1.165, 1.54) is 12.1 Å². The molecule has 0 spiro atoms. The fourth-order valence-corrected chi connectivity index (χ4v) is 2.86. The van der Waals surface area contributed by atoms with Crippen molar-refractivity contribution < 1.29 is 17.9 Å². The van der Waals surface area contributed by atoms with Crippen molar-refractivity contribution in [3.63, 3.8) is 0 Å². The lowest BCUT2D eigenvalue weighted by molar-refractivity contribution is -0.124. The minimum Gasteiger partial charge on any atom is -0.484 e. The van der Waals surface area contributed by atoms with E-state index >= 15 is 0 Å². The van der Waals surface area contributed by atoms with Crippen LogP contribution in [0.25, 0.3) is 0 Å². The van der Waals surface area contributed by atoms with Gasteiger partial charge < -0.3 is 10.1 Å². The smallest absolute Gasteiger partial charge is 0.258 e. The van der Waals surface area contributed by atoms with Crippen LogP contribution in [-0.4, -0.2) is 33.0 Å². The number of hydrogen-bond acceptors (Lipinski definition) is 4. The van der Waals surface area contributed by atoms with Gasteiger partial charge in [0, 0.05) is 12.1 Å². The highest BCUT2D eigenvalue weighted by atomic mass is 32.2. The Morgan fingerprint density at radius 2 is 1.78 bits per heavy atom. The summed E-state index contributed by atoms with van der Waals surface area (Å²) in [5.41, 5.74) is -0.317. The first kappa shape index (κ1) is 19.4. The number of unbranched alkanes of at least 4 members (excludes halogenated alkanes) is 1. The molecule has 0 bridgehead atoms. The van der Waals surface area contributed by atoms with Gasteiger partial charge in [0.2, 0.25) is 10.0 Å². The molecule has 0 saturated heterocycles. The van der Waals surface area contributed by atoms with Crippen LogP contribution in [0.2, 0.25) is 0 Å². The number of carbonyl (C=O) groups excluding carboxylic acids is 1. The largest absolute Gasteiger partial charge is 0.484 e. The molecule has 2 N–H and O–H groups in total. The second-order valence-corrected chi connectivity index (χ2v) is 8.08. The van der Waals surface area contributed by atoms with E-state index in [-0.39, 0.29) is 22.9 Å². The highest BCUT2D eigenvalue weighted by molar-refractivity contribution is 7.89. The second kappa shape index (κ2) is 8.31. The summed E-state index contributed by atoms with van der Waals surface area (Å²) < 4.78 is 31.9. The molecule has 0 atom stereocenters. The van der Waals surface area contributed by atoms with Gasteiger partial charge in [-0.05, 0) is 51.5 Å². The molecule has 130 valence electrons. The summed E-state index contributed by atoms with van der Waals surface area (Å²) in [7, 11) is -3.49. The van der Waals surface area contributed by atoms with Crippen molar-refractivity contribution in [2.75, 3.05) is 13.2 Å². The fourth-order valence-electron chi connectivity index (χ4n) is 1.78. The Hall–Kier alpha value is -1.60. The molecule has 0 aliphatic heterocycles. The summed E-state index contributed by atoms with van der Waals surface area (Å²) in [6.07, 6.45) is 1.72. The van der Waals surface area contributed by atoms with Gasteiger partial charge in [0.15, 0.2) is 6.61 Å². The first-order chi connectivity index (χ1) is 10.6. The maximum atomic E-state index is 12.0. The van der Waals surface area contributed by atoms with Gasteiger partial charge in [-0.2, -0.15) is 0 Å². The first-order valence-electron chi connectivity index (χ1n) is 7.67. The van der Waals surface area contributed by atoms with Crippen LogP contribution >= 0.6 is 0 Å². The number of hydrogen-bond donors (Lipinski definition) is 2. The van der Waals surface area contributed by atoms with Gasteiger partial charge in [-0.25, -0.2) is 13.1 Å². The number of carbonyl (C=O) groups is 1. The Morgan fingerprint density at radius 1 is 1.17 bits per heavy atom. The predicted octanol–water partition coefficient (Wildman–Crippen LogP) is 2.06. The Morgan fingerprint density at radius 3 is 2.30 bits per heavy atom. The van der Waals surface area contributed by atoms with E-state index in [9.17, 15) is 13.2 Å². The topological polar surface area (TPSA) is 84.5 Å². The molecule has 0 aliphatic rings. The Labute approximate surface area is 138 Å². The van der Waals surface area contributed by atoms with Crippen LogP contribution in [0.4, 0.5) is 0 Å². The zero-order valence-corrected chi connectivity index (χ0v) is 15.0. The highest BCUT2D eigenvalue weighted by Crippen LogP contribution is 2.16. The van der Waals surface area contributed by atoms with Crippen molar-refractivity contribution in [1.82, 2.24) is 10.0 Å². The lowest BCUT2D eigenvalue weighted by Gasteiger charge is -2.20. The molecular weight excluding hydrogens is 316 g/mol. The summed E-state index contributed by atoms with van der Waals surface area (Å²) in [5.74, 6) is 0.219. The van der Waals surface area contributed by atoms with E-state index in [4.69, 9.17) is 4.74 Å². The molecule has 1 amide bonds. The number of ether oxygens (including phenoxy) is 1.